The number of nitrogens with zero attached hydrogens (tertiary/aromatic N) is 3. The Morgan fingerprint density at radius 2 is 1.73 bits per heavy atom. The molecule has 9 heteroatoms. The summed E-state index contributed by atoms with van der Waals surface area (Å²) in [6.07, 6.45) is 2.14. The number of aliphatic hydroxyl groups is 1. The van der Waals surface area contributed by atoms with Crippen LogP contribution in [0.2, 0.25) is 10.0 Å². The second-order valence-electron chi connectivity index (χ2n) is 7.18. The smallest absolute Gasteiger partial charge is 0.169 e. The van der Waals surface area contributed by atoms with Crippen LogP contribution in [0.5, 0.6) is 5.75 Å². The standard InChI is InChI=1S/C21H21BrCl2N4O2/c22-14-6-4-13(5-7-14)19-20(29)18(21(30)26-27-10-2-1-3-11-27)25-28(19)17-9-8-15(23)12-16(17)24/h4-9,12,21,26,29-30H,1-3,10-11H2. The molecular formula is C21H21BrCl2N4O2. The van der Waals surface area contributed by atoms with Crippen LogP contribution in [0.3, 0.4) is 0 Å². The van der Waals surface area contributed by atoms with Crippen molar-refractivity contribution in [2.45, 2.75) is 25.5 Å². The zero-order chi connectivity index (χ0) is 21.3. The fourth-order valence-corrected chi connectivity index (χ4v) is 4.31. The van der Waals surface area contributed by atoms with Gasteiger partial charge >= 0.3 is 0 Å². The van der Waals surface area contributed by atoms with E-state index in [9.17, 15) is 10.2 Å². The molecule has 6 nitrogen and oxygen atoms in total. The number of aromatic hydroxyl groups is 1. The Hall–Kier alpha value is -1.61. The molecular weight excluding hydrogens is 491 g/mol. The summed E-state index contributed by atoms with van der Waals surface area (Å²) in [6.45, 7) is 1.67. The molecule has 4 rings (SSSR count). The van der Waals surface area contributed by atoms with Crippen molar-refractivity contribution in [3.63, 3.8) is 0 Å². The summed E-state index contributed by atoms with van der Waals surface area (Å²) in [5.74, 6) is -0.111. The van der Waals surface area contributed by atoms with E-state index in [-0.39, 0.29) is 11.4 Å². The first kappa shape index (κ1) is 21.6. The molecule has 0 spiro atoms. The van der Waals surface area contributed by atoms with Gasteiger partial charge in [0.2, 0.25) is 0 Å². The molecule has 0 bridgehead atoms. The van der Waals surface area contributed by atoms with Crippen LogP contribution in [0.4, 0.5) is 0 Å². The minimum atomic E-state index is -1.16. The first-order valence-corrected chi connectivity index (χ1v) is 11.2. The number of aliphatic hydroxyl groups excluding tert-OH is 1. The number of piperidine rings is 1. The van der Waals surface area contributed by atoms with E-state index in [0.717, 1.165) is 36.0 Å². The van der Waals surface area contributed by atoms with Crippen molar-refractivity contribution in [2.24, 2.45) is 0 Å². The quantitative estimate of drug-likeness (QED) is 0.405. The lowest BCUT2D eigenvalue weighted by atomic mass is 10.1. The minimum Gasteiger partial charge on any atom is -0.504 e. The van der Waals surface area contributed by atoms with Crippen molar-refractivity contribution in [1.82, 2.24) is 20.2 Å². The van der Waals surface area contributed by atoms with Gasteiger partial charge in [0.25, 0.3) is 0 Å². The third-order valence-electron chi connectivity index (χ3n) is 5.06. The van der Waals surface area contributed by atoms with Gasteiger partial charge in [-0.25, -0.2) is 15.1 Å². The van der Waals surface area contributed by atoms with Crippen LogP contribution < -0.4 is 5.43 Å². The van der Waals surface area contributed by atoms with Crippen molar-refractivity contribution < 1.29 is 10.2 Å². The maximum atomic E-state index is 11.1. The number of hydrogen-bond acceptors (Lipinski definition) is 5. The summed E-state index contributed by atoms with van der Waals surface area (Å²) in [6, 6.07) is 12.5. The Labute approximate surface area is 193 Å². The molecule has 1 aromatic heterocycles. The van der Waals surface area contributed by atoms with Crippen molar-refractivity contribution in [3.05, 3.63) is 62.7 Å². The third kappa shape index (κ3) is 4.51. The lowest BCUT2D eigenvalue weighted by Crippen LogP contribution is -2.43. The fourth-order valence-electron chi connectivity index (χ4n) is 3.56. The summed E-state index contributed by atoms with van der Waals surface area (Å²) in [5, 5.41) is 29.2. The normalized spacial score (nSPS) is 16.0. The van der Waals surface area contributed by atoms with Crippen LogP contribution in [0.15, 0.2) is 46.9 Å². The molecule has 2 heterocycles. The van der Waals surface area contributed by atoms with E-state index >= 15 is 0 Å². The third-order valence-corrected chi connectivity index (χ3v) is 6.13. The molecule has 158 valence electrons. The Bertz CT molecular complexity index is 1040. The molecule has 30 heavy (non-hydrogen) atoms. The maximum absolute atomic E-state index is 11.1. The van der Waals surface area contributed by atoms with Gasteiger partial charge < -0.3 is 10.2 Å². The minimum absolute atomic E-state index is 0.111. The SMILES string of the molecule is Oc1c(C(O)NN2CCCCC2)nn(-c2ccc(Cl)cc2Cl)c1-c1ccc(Br)cc1. The second-order valence-corrected chi connectivity index (χ2v) is 8.94. The predicted octanol–water partition coefficient (Wildman–Crippen LogP) is 5.30. The lowest BCUT2D eigenvalue weighted by molar-refractivity contribution is 0.0191. The van der Waals surface area contributed by atoms with Crippen LogP contribution in [0.1, 0.15) is 31.2 Å². The van der Waals surface area contributed by atoms with Gasteiger partial charge in [-0.05, 0) is 43.2 Å². The summed E-state index contributed by atoms with van der Waals surface area (Å²) >= 11 is 15.9. The lowest BCUT2D eigenvalue weighted by Gasteiger charge is -2.29. The van der Waals surface area contributed by atoms with E-state index in [1.807, 2.05) is 29.3 Å². The zero-order valence-corrected chi connectivity index (χ0v) is 19.1. The fraction of sp³-hybridized carbons (Fsp3) is 0.286. The van der Waals surface area contributed by atoms with Crippen molar-refractivity contribution >= 4 is 39.1 Å². The molecule has 3 N–H and O–H groups in total. The van der Waals surface area contributed by atoms with Gasteiger partial charge in [-0.3, -0.25) is 0 Å². The zero-order valence-electron chi connectivity index (χ0n) is 16.0. The van der Waals surface area contributed by atoms with Crippen LogP contribution in [-0.4, -0.2) is 38.1 Å². The molecule has 2 aromatic carbocycles. The van der Waals surface area contributed by atoms with Gasteiger partial charge in [0, 0.05) is 28.1 Å². The number of hydrazine groups is 1. The van der Waals surface area contributed by atoms with Gasteiger partial charge in [-0.15, -0.1) is 0 Å². The van der Waals surface area contributed by atoms with E-state index in [0.29, 0.717) is 21.4 Å². The molecule has 3 aromatic rings. The summed E-state index contributed by atoms with van der Waals surface area (Å²) in [4.78, 5) is 0. The predicted molar refractivity (Wildman–Crippen MR) is 122 cm³/mol. The molecule has 1 saturated heterocycles. The first-order chi connectivity index (χ1) is 14.4. The molecule has 1 fully saturated rings. The number of benzene rings is 2. The van der Waals surface area contributed by atoms with E-state index in [4.69, 9.17) is 23.2 Å². The van der Waals surface area contributed by atoms with Gasteiger partial charge in [0.1, 0.15) is 11.4 Å². The molecule has 0 amide bonds. The van der Waals surface area contributed by atoms with E-state index < -0.39 is 6.23 Å². The summed E-state index contributed by atoms with van der Waals surface area (Å²) in [5.41, 5.74) is 4.88. The van der Waals surface area contributed by atoms with Crippen LogP contribution in [0.25, 0.3) is 16.9 Å². The van der Waals surface area contributed by atoms with E-state index in [1.54, 1.807) is 18.2 Å². The average molecular weight is 512 g/mol. The second kappa shape index (κ2) is 9.26. The molecule has 1 aliphatic heterocycles. The molecule has 0 saturated carbocycles. The summed E-state index contributed by atoms with van der Waals surface area (Å²) < 4.78 is 2.45. The van der Waals surface area contributed by atoms with E-state index in [2.05, 4.69) is 26.5 Å². The number of rotatable bonds is 5. The number of aromatic nitrogens is 2. The Morgan fingerprint density at radius 1 is 1.03 bits per heavy atom. The highest BCUT2D eigenvalue weighted by molar-refractivity contribution is 9.10. The molecule has 1 aliphatic rings. The largest absolute Gasteiger partial charge is 0.504 e. The van der Waals surface area contributed by atoms with Crippen LogP contribution >= 0.6 is 39.1 Å². The summed E-state index contributed by atoms with van der Waals surface area (Å²) in [7, 11) is 0. The van der Waals surface area contributed by atoms with Crippen molar-refractivity contribution in [1.29, 1.82) is 0 Å². The van der Waals surface area contributed by atoms with E-state index in [1.165, 1.54) is 11.1 Å². The number of hydrogen-bond donors (Lipinski definition) is 3. The first-order valence-electron chi connectivity index (χ1n) is 9.66. The highest BCUT2D eigenvalue weighted by atomic mass is 79.9. The Kier molecular flexibility index (Phi) is 6.67. The van der Waals surface area contributed by atoms with Gasteiger partial charge in [0.15, 0.2) is 12.0 Å². The average Bonchev–Trinajstić information content (AvgIpc) is 3.06. The van der Waals surface area contributed by atoms with Crippen molar-refractivity contribution in [2.75, 3.05) is 13.1 Å². The van der Waals surface area contributed by atoms with Gasteiger partial charge in [-0.1, -0.05) is 57.7 Å². The topological polar surface area (TPSA) is 73.6 Å². The molecule has 0 radical (unpaired) electrons. The highest BCUT2D eigenvalue weighted by Gasteiger charge is 2.27. The van der Waals surface area contributed by atoms with Crippen LogP contribution in [-0.2, 0) is 0 Å². The van der Waals surface area contributed by atoms with Gasteiger partial charge in [-0.2, -0.15) is 5.10 Å². The molecule has 1 unspecified atom stereocenters. The van der Waals surface area contributed by atoms with Gasteiger partial charge in [0.05, 0.1) is 10.7 Å². The van der Waals surface area contributed by atoms with Crippen LogP contribution in [0, 0.1) is 0 Å². The van der Waals surface area contributed by atoms with Crippen molar-refractivity contribution in [3.8, 4) is 22.7 Å². The Morgan fingerprint density at radius 3 is 2.40 bits per heavy atom. The maximum Gasteiger partial charge on any atom is 0.169 e. The highest BCUT2D eigenvalue weighted by Crippen LogP contribution is 2.39. The number of halogens is 3. The molecule has 1 atom stereocenters. The molecule has 0 aliphatic carbocycles. The Balaban J connectivity index is 1.79. The number of nitrogens with one attached hydrogen (secondary N) is 1. The monoisotopic (exact) mass is 510 g/mol.